The summed E-state index contributed by atoms with van der Waals surface area (Å²) in [5.41, 5.74) is 1.32. The zero-order valence-electron chi connectivity index (χ0n) is 17.7. The Morgan fingerprint density at radius 3 is 1.90 bits per heavy atom. The number of hydrogen-bond donors (Lipinski definition) is 0. The van der Waals surface area contributed by atoms with E-state index in [1.54, 1.807) is 0 Å². The van der Waals surface area contributed by atoms with Crippen molar-refractivity contribution in [2.24, 2.45) is 0 Å². The Labute approximate surface area is 187 Å². The van der Waals surface area contributed by atoms with Crippen molar-refractivity contribution in [2.45, 2.75) is 13.8 Å². The minimum atomic E-state index is 1.08. The molecule has 0 unspecified atom stereocenters. The maximum atomic E-state index is 2.85. The summed E-state index contributed by atoms with van der Waals surface area (Å²) in [5.74, 6) is 0. The van der Waals surface area contributed by atoms with Gasteiger partial charge in [0.15, 0.2) is 16.3 Å². The molecule has 30 heavy (non-hydrogen) atoms. The lowest BCUT2D eigenvalue weighted by molar-refractivity contribution is 0.866. The molecule has 0 heterocycles. The summed E-state index contributed by atoms with van der Waals surface area (Å²) in [7, 11) is 0. The van der Waals surface area contributed by atoms with E-state index in [-0.39, 0.29) is 0 Å². The second kappa shape index (κ2) is 9.35. The van der Waals surface area contributed by atoms with E-state index in [9.17, 15) is 0 Å². The molecular formula is C28H26AlN. The molecule has 0 aliphatic carbocycles. The van der Waals surface area contributed by atoms with Gasteiger partial charge >= 0.3 is 0 Å². The van der Waals surface area contributed by atoms with Crippen LogP contribution in [0.25, 0.3) is 32.3 Å². The van der Waals surface area contributed by atoms with Crippen molar-refractivity contribution in [3.63, 3.8) is 0 Å². The fourth-order valence-corrected chi connectivity index (χ4v) is 4.49. The summed E-state index contributed by atoms with van der Waals surface area (Å²) in [6.45, 7) is 6.52. The minimum absolute atomic E-state index is 1.08. The first-order valence-electron chi connectivity index (χ1n) is 10.6. The Balaban J connectivity index is 0.000000170. The molecule has 0 saturated carbocycles. The molecule has 0 aliphatic heterocycles. The van der Waals surface area contributed by atoms with Crippen molar-refractivity contribution >= 4 is 58.7 Å². The number of para-hydroxylation sites is 1. The van der Waals surface area contributed by atoms with E-state index in [0.717, 1.165) is 13.1 Å². The Bertz CT molecular complexity index is 1270. The Morgan fingerprint density at radius 1 is 0.600 bits per heavy atom. The first kappa shape index (κ1) is 20.5. The second-order valence-electron chi connectivity index (χ2n) is 7.44. The monoisotopic (exact) mass is 403 g/mol. The van der Waals surface area contributed by atoms with Gasteiger partial charge in [-0.15, -0.1) is 4.43 Å². The van der Waals surface area contributed by atoms with E-state index in [1.165, 1.54) is 42.4 Å². The van der Waals surface area contributed by atoms with Crippen LogP contribution in [0.5, 0.6) is 0 Å². The third-order valence-corrected chi connectivity index (χ3v) is 6.12. The zero-order valence-corrected chi connectivity index (χ0v) is 18.8. The molecule has 146 valence electrons. The van der Waals surface area contributed by atoms with Crippen LogP contribution in [-0.4, -0.2) is 29.4 Å². The molecule has 2 heteroatoms. The zero-order chi connectivity index (χ0) is 20.9. The SMILES string of the molecule is CCN(CC)c1ccccc1.[Al][c]1cccc2ccc3cc4ccccc4cc3c12. The lowest BCUT2D eigenvalue weighted by atomic mass is 9.98. The van der Waals surface area contributed by atoms with Crippen LogP contribution in [0.2, 0.25) is 0 Å². The van der Waals surface area contributed by atoms with E-state index in [1.807, 2.05) is 6.07 Å². The van der Waals surface area contributed by atoms with Crippen LogP contribution in [0.4, 0.5) is 5.69 Å². The normalized spacial score (nSPS) is 10.7. The van der Waals surface area contributed by atoms with Crippen molar-refractivity contribution < 1.29 is 0 Å². The van der Waals surface area contributed by atoms with Crippen LogP contribution in [0.1, 0.15) is 13.8 Å². The van der Waals surface area contributed by atoms with Crippen LogP contribution in [0, 0.1) is 0 Å². The van der Waals surface area contributed by atoms with E-state index < -0.39 is 0 Å². The van der Waals surface area contributed by atoms with E-state index in [4.69, 9.17) is 0 Å². The lowest BCUT2D eigenvalue weighted by Gasteiger charge is -2.20. The Morgan fingerprint density at radius 2 is 1.20 bits per heavy atom. The molecule has 0 aromatic heterocycles. The van der Waals surface area contributed by atoms with Gasteiger partial charge in [0.2, 0.25) is 0 Å². The molecule has 0 saturated heterocycles. The Kier molecular flexibility index (Phi) is 6.38. The van der Waals surface area contributed by atoms with Crippen LogP contribution < -0.4 is 9.33 Å². The van der Waals surface area contributed by atoms with Crippen molar-refractivity contribution in [1.29, 1.82) is 0 Å². The molecule has 0 amide bonds. The predicted octanol–water partition coefficient (Wildman–Crippen LogP) is 6.47. The summed E-state index contributed by atoms with van der Waals surface area (Å²) in [4.78, 5) is 2.33. The summed E-state index contributed by atoms with van der Waals surface area (Å²) in [5, 5.41) is 7.89. The topological polar surface area (TPSA) is 3.24 Å². The number of nitrogens with zero attached hydrogens (tertiary/aromatic N) is 1. The number of anilines is 1. The van der Waals surface area contributed by atoms with E-state index >= 15 is 0 Å². The standard InChI is InChI=1S/C18H11.C10H15N.Al/c1-2-7-15-12-18-16(11-14(15)6-1)10-9-13-5-3-4-8-17(13)18;1-3-11(4-2)10-8-6-5-7-9-10;/h1-7,9-12H;5-9H,3-4H2,1-2H3;. The van der Waals surface area contributed by atoms with Crippen molar-refractivity contribution in [3.05, 3.63) is 97.1 Å². The second-order valence-corrected chi connectivity index (χ2v) is 8.06. The third-order valence-electron chi connectivity index (χ3n) is 5.64. The molecule has 0 bridgehead atoms. The molecule has 1 nitrogen and oxygen atoms in total. The Hall–Kier alpha value is -2.79. The molecule has 0 spiro atoms. The van der Waals surface area contributed by atoms with Gasteiger partial charge in [-0.05, 0) is 70.4 Å². The van der Waals surface area contributed by atoms with Crippen LogP contribution in [-0.2, 0) is 0 Å². The number of hydrogen-bond acceptors (Lipinski definition) is 1. The molecule has 5 aromatic carbocycles. The molecule has 0 aliphatic rings. The first-order valence-corrected chi connectivity index (χ1v) is 11.2. The quantitative estimate of drug-likeness (QED) is 0.189. The summed E-state index contributed by atoms with van der Waals surface area (Å²) in [6.07, 6.45) is 0. The fourth-order valence-electron chi connectivity index (χ4n) is 4.06. The summed E-state index contributed by atoms with van der Waals surface area (Å²) in [6, 6.07) is 34.5. The maximum Gasteiger partial charge on any atom is 0.176 e. The van der Waals surface area contributed by atoms with Crippen molar-refractivity contribution in [3.8, 4) is 0 Å². The molecule has 5 rings (SSSR count). The van der Waals surface area contributed by atoms with Crippen LogP contribution in [0.15, 0.2) is 97.1 Å². The van der Waals surface area contributed by atoms with Gasteiger partial charge in [-0.25, -0.2) is 0 Å². The summed E-state index contributed by atoms with van der Waals surface area (Å²) < 4.78 is 1.26. The van der Waals surface area contributed by atoms with Gasteiger partial charge in [0.05, 0.1) is 0 Å². The van der Waals surface area contributed by atoms with Gasteiger partial charge in [0.1, 0.15) is 0 Å². The predicted molar refractivity (Wildman–Crippen MR) is 134 cm³/mol. The van der Waals surface area contributed by atoms with Gasteiger partial charge < -0.3 is 4.90 Å². The van der Waals surface area contributed by atoms with Crippen LogP contribution >= 0.6 is 0 Å². The fraction of sp³-hybridized carbons (Fsp3) is 0.143. The maximum absolute atomic E-state index is 2.85. The highest BCUT2D eigenvalue weighted by Gasteiger charge is 2.04. The lowest BCUT2D eigenvalue weighted by Crippen LogP contribution is -2.21. The first-order chi connectivity index (χ1) is 14.7. The number of rotatable bonds is 3. The molecular weight excluding hydrogens is 377 g/mol. The van der Waals surface area contributed by atoms with Crippen LogP contribution in [0.3, 0.4) is 0 Å². The highest BCUT2D eigenvalue weighted by molar-refractivity contribution is 6.41. The highest BCUT2D eigenvalue weighted by Crippen LogP contribution is 2.28. The van der Waals surface area contributed by atoms with Gasteiger partial charge in [0.25, 0.3) is 0 Å². The smallest absolute Gasteiger partial charge is 0.176 e. The minimum Gasteiger partial charge on any atom is -0.372 e. The van der Waals surface area contributed by atoms with Crippen molar-refractivity contribution in [2.75, 3.05) is 18.0 Å². The molecule has 0 N–H and O–H groups in total. The molecule has 0 atom stereocenters. The average Bonchev–Trinajstić information content (AvgIpc) is 2.80. The number of benzene rings is 5. The molecule has 0 fully saturated rings. The third kappa shape index (κ3) is 4.22. The van der Waals surface area contributed by atoms with E-state index in [0.29, 0.717) is 0 Å². The van der Waals surface area contributed by atoms with Crippen molar-refractivity contribution in [1.82, 2.24) is 0 Å². The van der Waals surface area contributed by atoms with E-state index in [2.05, 4.69) is 126 Å². The summed E-state index contributed by atoms with van der Waals surface area (Å²) >= 11 is 2.85. The highest BCUT2D eigenvalue weighted by atomic mass is 27.0. The molecule has 5 aromatic rings. The largest absolute Gasteiger partial charge is 0.372 e. The average molecular weight is 404 g/mol. The number of fused-ring (bicyclic) bond motifs is 4. The van der Waals surface area contributed by atoms with Gasteiger partial charge in [0, 0.05) is 18.8 Å². The van der Waals surface area contributed by atoms with Gasteiger partial charge in [-0.1, -0.05) is 72.8 Å². The molecule has 2 radical (unpaired) electrons. The van der Waals surface area contributed by atoms with Gasteiger partial charge in [-0.3, -0.25) is 0 Å². The van der Waals surface area contributed by atoms with Gasteiger partial charge in [-0.2, -0.15) is 0 Å².